The number of anilines is 1. The van der Waals surface area contributed by atoms with Gasteiger partial charge in [-0.3, -0.25) is 4.90 Å². The van der Waals surface area contributed by atoms with Crippen molar-refractivity contribution in [3.05, 3.63) is 36.7 Å². The minimum atomic E-state index is -0.533. The van der Waals surface area contributed by atoms with E-state index in [1.165, 1.54) is 0 Å². The number of carbonyl (C=O) groups is 1. The third-order valence-corrected chi connectivity index (χ3v) is 3.19. The summed E-state index contributed by atoms with van der Waals surface area (Å²) in [5.74, 6) is 0.674. The van der Waals surface area contributed by atoms with Gasteiger partial charge in [0.15, 0.2) is 0 Å². The van der Waals surface area contributed by atoms with Gasteiger partial charge in [-0.1, -0.05) is 0 Å². The summed E-state index contributed by atoms with van der Waals surface area (Å²) >= 11 is 0. The van der Waals surface area contributed by atoms with Crippen molar-refractivity contribution in [2.45, 2.75) is 26.4 Å². The zero-order chi connectivity index (χ0) is 15.7. The van der Waals surface area contributed by atoms with Gasteiger partial charge in [0.2, 0.25) is 0 Å². The van der Waals surface area contributed by atoms with Gasteiger partial charge in [-0.05, 0) is 45.0 Å². The van der Waals surface area contributed by atoms with Gasteiger partial charge >= 0.3 is 6.09 Å². The Kier molecular flexibility index (Phi) is 3.52. The van der Waals surface area contributed by atoms with Crippen LogP contribution in [0.3, 0.4) is 0 Å². The molecule has 0 bridgehead atoms. The fraction of sp³-hybridized carbons (Fsp3) is 0.375. The number of hydrogen-bond donors (Lipinski definition) is 0. The first-order chi connectivity index (χ1) is 10.4. The molecule has 22 heavy (non-hydrogen) atoms. The van der Waals surface area contributed by atoms with E-state index in [1.54, 1.807) is 15.8 Å². The predicted octanol–water partition coefficient (Wildman–Crippen LogP) is 3.01. The highest BCUT2D eigenvalue weighted by Crippen LogP contribution is 2.34. The molecule has 6 heteroatoms. The van der Waals surface area contributed by atoms with E-state index in [0.717, 1.165) is 5.69 Å². The van der Waals surface area contributed by atoms with Gasteiger partial charge in [0.05, 0.1) is 17.9 Å². The maximum atomic E-state index is 12.4. The smallest absolute Gasteiger partial charge is 0.415 e. The molecular formula is C16H19N3O3. The number of fused-ring (bicyclic) bond motifs is 1. The largest absolute Gasteiger partial charge is 0.490 e. The third kappa shape index (κ3) is 2.90. The molecule has 2 aromatic rings. The van der Waals surface area contributed by atoms with E-state index in [4.69, 9.17) is 9.47 Å². The summed E-state index contributed by atoms with van der Waals surface area (Å²) < 4.78 is 12.8. The number of rotatable bonds is 1. The second-order valence-electron chi connectivity index (χ2n) is 6.08. The van der Waals surface area contributed by atoms with E-state index in [2.05, 4.69) is 5.10 Å². The number of hydrogen-bond acceptors (Lipinski definition) is 4. The molecular weight excluding hydrogens is 282 g/mol. The van der Waals surface area contributed by atoms with Crippen molar-refractivity contribution in [1.82, 2.24) is 9.78 Å². The van der Waals surface area contributed by atoms with Crippen LogP contribution in [-0.2, 0) is 4.74 Å². The third-order valence-electron chi connectivity index (χ3n) is 3.19. The average molecular weight is 301 g/mol. The zero-order valence-electron chi connectivity index (χ0n) is 12.9. The molecule has 1 amide bonds. The van der Waals surface area contributed by atoms with Crippen molar-refractivity contribution in [1.29, 1.82) is 0 Å². The molecule has 0 saturated heterocycles. The molecule has 0 saturated carbocycles. The Balaban J connectivity index is 1.94. The van der Waals surface area contributed by atoms with Gasteiger partial charge in [0.25, 0.3) is 0 Å². The first kappa shape index (κ1) is 14.4. The van der Waals surface area contributed by atoms with Gasteiger partial charge < -0.3 is 9.47 Å². The van der Waals surface area contributed by atoms with Crippen molar-refractivity contribution in [2.75, 3.05) is 18.1 Å². The van der Waals surface area contributed by atoms with E-state index in [9.17, 15) is 4.79 Å². The Labute approximate surface area is 129 Å². The average Bonchev–Trinajstić information content (AvgIpc) is 2.98. The second kappa shape index (κ2) is 5.36. The summed E-state index contributed by atoms with van der Waals surface area (Å²) in [6.07, 6.45) is 3.19. The zero-order valence-corrected chi connectivity index (χ0v) is 12.9. The number of amides is 1. The monoisotopic (exact) mass is 301 g/mol. The molecule has 0 N–H and O–H groups in total. The number of benzene rings is 1. The lowest BCUT2D eigenvalue weighted by atomic mass is 10.2. The second-order valence-corrected chi connectivity index (χ2v) is 6.08. The maximum Gasteiger partial charge on any atom is 0.415 e. The van der Waals surface area contributed by atoms with E-state index >= 15 is 0 Å². The van der Waals surface area contributed by atoms with Gasteiger partial charge in [-0.2, -0.15) is 5.10 Å². The normalized spacial score (nSPS) is 14.2. The summed E-state index contributed by atoms with van der Waals surface area (Å²) in [5.41, 5.74) is 1.03. The summed E-state index contributed by atoms with van der Waals surface area (Å²) in [4.78, 5) is 14.0. The molecule has 3 rings (SSSR count). The first-order valence-corrected chi connectivity index (χ1v) is 7.21. The lowest BCUT2D eigenvalue weighted by molar-refractivity contribution is 0.0568. The minimum Gasteiger partial charge on any atom is -0.490 e. The van der Waals surface area contributed by atoms with Crippen LogP contribution in [0.1, 0.15) is 20.8 Å². The van der Waals surface area contributed by atoms with E-state index < -0.39 is 5.60 Å². The SMILES string of the molecule is CC(C)(C)OC(=O)N1CCOc2ccc(-n3cccn3)cc21. The highest BCUT2D eigenvalue weighted by atomic mass is 16.6. The molecule has 2 heterocycles. The molecule has 1 aromatic heterocycles. The molecule has 116 valence electrons. The van der Waals surface area contributed by atoms with Crippen molar-refractivity contribution >= 4 is 11.8 Å². The van der Waals surface area contributed by atoms with Crippen LogP contribution in [0.2, 0.25) is 0 Å². The summed E-state index contributed by atoms with van der Waals surface area (Å²) in [6.45, 7) is 6.48. The molecule has 0 atom stereocenters. The minimum absolute atomic E-state index is 0.366. The Bertz CT molecular complexity index is 674. The summed E-state index contributed by atoms with van der Waals surface area (Å²) in [6, 6.07) is 7.49. The molecule has 1 aliphatic rings. The van der Waals surface area contributed by atoms with Crippen LogP contribution >= 0.6 is 0 Å². The van der Waals surface area contributed by atoms with Crippen molar-refractivity contribution in [3.8, 4) is 11.4 Å². The summed E-state index contributed by atoms with van der Waals surface area (Å²) in [7, 11) is 0. The van der Waals surface area contributed by atoms with Gasteiger partial charge in [-0.15, -0.1) is 0 Å². The quantitative estimate of drug-likeness (QED) is 0.812. The molecule has 0 fully saturated rings. The fourth-order valence-corrected chi connectivity index (χ4v) is 2.28. The molecule has 1 aliphatic heterocycles. The number of carbonyl (C=O) groups excluding carboxylic acids is 1. The van der Waals surface area contributed by atoms with E-state index in [0.29, 0.717) is 24.6 Å². The molecule has 0 spiro atoms. The van der Waals surface area contributed by atoms with Crippen LogP contribution < -0.4 is 9.64 Å². The lowest BCUT2D eigenvalue weighted by Gasteiger charge is -2.31. The van der Waals surface area contributed by atoms with Gasteiger partial charge in [0, 0.05) is 12.4 Å². The van der Waals surface area contributed by atoms with Crippen LogP contribution in [0, 0.1) is 0 Å². The van der Waals surface area contributed by atoms with Crippen LogP contribution in [0.15, 0.2) is 36.7 Å². The molecule has 6 nitrogen and oxygen atoms in total. The van der Waals surface area contributed by atoms with Crippen molar-refractivity contribution in [3.63, 3.8) is 0 Å². The van der Waals surface area contributed by atoms with Gasteiger partial charge in [0.1, 0.15) is 18.0 Å². The number of nitrogens with zero attached hydrogens (tertiary/aromatic N) is 3. The maximum absolute atomic E-state index is 12.4. The van der Waals surface area contributed by atoms with Crippen LogP contribution in [0.25, 0.3) is 5.69 Å². The first-order valence-electron chi connectivity index (χ1n) is 7.21. The van der Waals surface area contributed by atoms with Crippen LogP contribution in [0.4, 0.5) is 10.5 Å². The molecule has 0 aliphatic carbocycles. The Morgan fingerprint density at radius 3 is 2.86 bits per heavy atom. The standard InChI is InChI=1S/C16H19N3O3/c1-16(2,3)22-15(20)18-9-10-21-14-6-5-12(11-13(14)18)19-8-4-7-17-19/h4-8,11H,9-10H2,1-3H3. The molecule has 1 aromatic carbocycles. The Morgan fingerprint density at radius 2 is 2.18 bits per heavy atom. The Morgan fingerprint density at radius 1 is 1.36 bits per heavy atom. The highest BCUT2D eigenvalue weighted by molar-refractivity contribution is 5.91. The molecule has 0 radical (unpaired) electrons. The van der Waals surface area contributed by atoms with Crippen molar-refractivity contribution < 1.29 is 14.3 Å². The fourth-order valence-electron chi connectivity index (χ4n) is 2.28. The molecule has 0 unspecified atom stereocenters. The van der Waals surface area contributed by atoms with Crippen LogP contribution in [0.5, 0.6) is 5.75 Å². The summed E-state index contributed by atoms with van der Waals surface area (Å²) in [5, 5.41) is 4.21. The lowest BCUT2D eigenvalue weighted by Crippen LogP contribution is -2.41. The predicted molar refractivity (Wildman–Crippen MR) is 82.6 cm³/mol. The van der Waals surface area contributed by atoms with E-state index in [-0.39, 0.29) is 6.09 Å². The van der Waals surface area contributed by atoms with Gasteiger partial charge in [-0.25, -0.2) is 9.48 Å². The topological polar surface area (TPSA) is 56.6 Å². The van der Waals surface area contributed by atoms with E-state index in [1.807, 2.05) is 51.2 Å². The number of aromatic nitrogens is 2. The van der Waals surface area contributed by atoms with Crippen LogP contribution in [-0.4, -0.2) is 34.6 Å². The Hall–Kier alpha value is -2.50. The highest BCUT2D eigenvalue weighted by Gasteiger charge is 2.28. The van der Waals surface area contributed by atoms with Crippen molar-refractivity contribution in [2.24, 2.45) is 0 Å². The number of ether oxygens (including phenoxy) is 2.